The molecule has 0 heterocycles. The van der Waals surface area contributed by atoms with Crippen LogP contribution >= 0.6 is 7.26 Å². The third kappa shape index (κ3) is 4.53. The van der Waals surface area contributed by atoms with Crippen molar-refractivity contribution in [2.45, 2.75) is 39.5 Å². The van der Waals surface area contributed by atoms with Gasteiger partial charge in [0.1, 0.15) is 0 Å². The fraction of sp³-hybridized carbons (Fsp3) is 0.241. The van der Waals surface area contributed by atoms with E-state index in [9.17, 15) is 0 Å². The number of rotatable bonds is 7. The van der Waals surface area contributed by atoms with Gasteiger partial charge in [-0.15, -0.1) is 0 Å². The normalized spacial score (nSPS) is 14.8. The summed E-state index contributed by atoms with van der Waals surface area (Å²) in [6.45, 7) is 4.93. The van der Waals surface area contributed by atoms with Crippen LogP contribution in [-0.2, 0) is 4.74 Å². The molecule has 0 saturated carbocycles. The van der Waals surface area contributed by atoms with Crippen LogP contribution in [0.3, 0.4) is 0 Å². The van der Waals surface area contributed by atoms with Crippen LogP contribution in [0, 0.1) is 0 Å². The number of allylic oxidation sites excluding steroid dienone is 3. The third-order valence-electron chi connectivity index (χ3n) is 6.24. The summed E-state index contributed by atoms with van der Waals surface area (Å²) < 4.78 is 6.51. The molecule has 0 saturated heterocycles. The summed E-state index contributed by atoms with van der Waals surface area (Å²) in [6.07, 6.45) is 6.76. The van der Waals surface area contributed by atoms with Gasteiger partial charge in [0.2, 0.25) is 0 Å². The van der Waals surface area contributed by atoms with Gasteiger partial charge >= 0.3 is 188 Å². The molecule has 0 N–H and O–H groups in total. The summed E-state index contributed by atoms with van der Waals surface area (Å²) in [5.74, 6) is 1.23. The Kier molecular flexibility index (Phi) is 7.05. The van der Waals surface area contributed by atoms with Crippen molar-refractivity contribution in [1.29, 1.82) is 0 Å². The standard InChI is InChI=1S/C29H33OP/c1-24(2)22-23-30-28-20-12-13-21-29(28)31(25-14-6-3-7-15-25,26-16-8-4-9-17-26)27-18-10-5-11-19-27/h3-11,14-19,22,31H,12-13,20-21,23H2,1-2H3. The van der Waals surface area contributed by atoms with Crippen LogP contribution in [0.25, 0.3) is 0 Å². The van der Waals surface area contributed by atoms with Gasteiger partial charge in [-0.2, -0.15) is 0 Å². The van der Waals surface area contributed by atoms with E-state index in [1.54, 1.807) is 5.31 Å². The molecule has 0 aromatic heterocycles. The monoisotopic (exact) mass is 428 g/mol. The van der Waals surface area contributed by atoms with Crippen LogP contribution in [-0.4, -0.2) is 6.61 Å². The quantitative estimate of drug-likeness (QED) is 0.309. The van der Waals surface area contributed by atoms with Crippen LogP contribution in [0.15, 0.2) is 114 Å². The zero-order chi connectivity index (χ0) is 21.5. The van der Waals surface area contributed by atoms with Crippen molar-refractivity contribution in [1.82, 2.24) is 0 Å². The first-order valence-electron chi connectivity index (χ1n) is 11.4. The van der Waals surface area contributed by atoms with Gasteiger partial charge in [0.05, 0.1) is 0 Å². The van der Waals surface area contributed by atoms with E-state index in [-0.39, 0.29) is 0 Å². The Morgan fingerprint density at radius 2 is 1.16 bits per heavy atom. The van der Waals surface area contributed by atoms with E-state index in [1.165, 1.54) is 40.1 Å². The van der Waals surface area contributed by atoms with Gasteiger partial charge in [-0.3, -0.25) is 0 Å². The molecule has 0 spiro atoms. The van der Waals surface area contributed by atoms with E-state index in [0.717, 1.165) is 12.8 Å². The summed E-state index contributed by atoms with van der Waals surface area (Å²) in [4.78, 5) is 0. The second kappa shape index (κ2) is 10.1. The van der Waals surface area contributed by atoms with E-state index in [1.807, 2.05) is 0 Å². The Morgan fingerprint density at radius 1 is 0.710 bits per heavy atom. The predicted molar refractivity (Wildman–Crippen MR) is 137 cm³/mol. The van der Waals surface area contributed by atoms with E-state index < -0.39 is 7.26 Å². The summed E-state index contributed by atoms with van der Waals surface area (Å²) in [6, 6.07) is 33.5. The number of hydrogen-bond donors (Lipinski definition) is 0. The van der Waals surface area contributed by atoms with Gasteiger partial charge in [-0.05, 0) is 0 Å². The Morgan fingerprint density at radius 3 is 1.61 bits per heavy atom. The van der Waals surface area contributed by atoms with E-state index >= 15 is 0 Å². The van der Waals surface area contributed by atoms with Gasteiger partial charge in [0, 0.05) is 0 Å². The van der Waals surface area contributed by atoms with Crippen LogP contribution in [0.2, 0.25) is 0 Å². The van der Waals surface area contributed by atoms with E-state index in [0.29, 0.717) is 6.61 Å². The van der Waals surface area contributed by atoms with Crippen molar-refractivity contribution in [3.05, 3.63) is 114 Å². The number of hydrogen-bond acceptors (Lipinski definition) is 1. The van der Waals surface area contributed by atoms with Crippen molar-refractivity contribution >= 4 is 23.2 Å². The zero-order valence-corrected chi connectivity index (χ0v) is 19.7. The molecule has 0 aliphatic heterocycles. The molecule has 0 amide bonds. The first-order chi connectivity index (χ1) is 15.2. The van der Waals surface area contributed by atoms with Crippen LogP contribution in [0.5, 0.6) is 0 Å². The molecule has 3 aromatic carbocycles. The average Bonchev–Trinajstić information content (AvgIpc) is 2.82. The molecule has 1 nitrogen and oxygen atoms in total. The summed E-state index contributed by atoms with van der Waals surface area (Å²) in [7, 11) is -2.43. The van der Waals surface area contributed by atoms with Gasteiger partial charge < -0.3 is 0 Å². The fourth-order valence-corrected chi connectivity index (χ4v) is 10.1. The number of ether oxygens (including phenoxy) is 1. The minimum absolute atomic E-state index is 0.657. The predicted octanol–water partition coefficient (Wildman–Crippen LogP) is 6.48. The Bertz CT molecular complexity index is 935. The van der Waals surface area contributed by atoms with Crippen LogP contribution in [0.4, 0.5) is 0 Å². The molecule has 31 heavy (non-hydrogen) atoms. The molecule has 3 aromatic rings. The molecular formula is C29H33OP. The minimum atomic E-state index is -2.43. The molecule has 160 valence electrons. The zero-order valence-electron chi connectivity index (χ0n) is 18.7. The molecular weight excluding hydrogens is 395 g/mol. The maximum atomic E-state index is 6.51. The Balaban J connectivity index is 2.01. The maximum absolute atomic E-state index is 6.51. The van der Waals surface area contributed by atoms with Crippen molar-refractivity contribution in [3.8, 4) is 0 Å². The number of benzene rings is 3. The van der Waals surface area contributed by atoms with Crippen molar-refractivity contribution in [2.24, 2.45) is 0 Å². The molecule has 1 aliphatic rings. The van der Waals surface area contributed by atoms with Crippen molar-refractivity contribution in [3.63, 3.8) is 0 Å². The molecule has 0 radical (unpaired) electrons. The van der Waals surface area contributed by atoms with Crippen molar-refractivity contribution < 1.29 is 4.74 Å². The second-order valence-electron chi connectivity index (χ2n) is 8.55. The average molecular weight is 429 g/mol. The molecule has 1 aliphatic carbocycles. The molecule has 0 unspecified atom stereocenters. The topological polar surface area (TPSA) is 9.23 Å². The third-order valence-corrected chi connectivity index (χ3v) is 11.3. The van der Waals surface area contributed by atoms with Gasteiger partial charge in [0.25, 0.3) is 0 Å². The summed E-state index contributed by atoms with van der Waals surface area (Å²) >= 11 is 0. The molecule has 2 heteroatoms. The molecule has 0 atom stereocenters. The fourth-order valence-electron chi connectivity index (χ4n) is 4.83. The van der Waals surface area contributed by atoms with Crippen LogP contribution < -0.4 is 15.9 Å². The molecule has 4 rings (SSSR count). The van der Waals surface area contributed by atoms with Crippen molar-refractivity contribution in [2.75, 3.05) is 6.61 Å². The van der Waals surface area contributed by atoms with Gasteiger partial charge in [0.15, 0.2) is 0 Å². The van der Waals surface area contributed by atoms with Crippen LogP contribution in [0.1, 0.15) is 39.5 Å². The molecule has 0 bridgehead atoms. The summed E-state index contributed by atoms with van der Waals surface area (Å²) in [5, 5.41) is 5.86. The first-order valence-corrected chi connectivity index (χ1v) is 13.4. The van der Waals surface area contributed by atoms with E-state index in [4.69, 9.17) is 4.74 Å². The van der Waals surface area contributed by atoms with Gasteiger partial charge in [-0.1, -0.05) is 0 Å². The summed E-state index contributed by atoms with van der Waals surface area (Å²) in [5.41, 5.74) is 1.30. The molecule has 0 fully saturated rings. The second-order valence-corrected chi connectivity index (χ2v) is 12.4. The van der Waals surface area contributed by atoms with Gasteiger partial charge in [-0.25, -0.2) is 0 Å². The SMILES string of the molecule is CC(C)=CCOC1=C([PH](c2ccccc2)(c2ccccc2)c2ccccc2)CCCC1. The Hall–Kier alpha value is -2.63. The Labute approximate surface area is 187 Å². The van der Waals surface area contributed by atoms with E-state index in [2.05, 4.69) is 111 Å². The first kappa shape index (κ1) is 21.6.